The molecule has 4 N–H and O–H groups in total. The molecular weight excluding hydrogens is 533 g/mol. The summed E-state index contributed by atoms with van der Waals surface area (Å²) in [6, 6.07) is 11.3. The van der Waals surface area contributed by atoms with Gasteiger partial charge < -0.3 is 16.2 Å². The van der Waals surface area contributed by atoms with Gasteiger partial charge in [-0.05, 0) is 54.7 Å². The summed E-state index contributed by atoms with van der Waals surface area (Å²) in [5.41, 5.74) is 5.46. The molecule has 0 spiro atoms. The predicted octanol–water partition coefficient (Wildman–Crippen LogP) is 4.47. The zero-order valence-electron chi connectivity index (χ0n) is 21.8. The van der Waals surface area contributed by atoms with E-state index >= 15 is 0 Å². The van der Waals surface area contributed by atoms with E-state index in [1.165, 1.54) is 6.92 Å². The first-order valence-corrected chi connectivity index (χ1v) is 12.6. The van der Waals surface area contributed by atoms with Crippen LogP contribution in [0.25, 0.3) is 5.65 Å². The summed E-state index contributed by atoms with van der Waals surface area (Å²) in [7, 11) is 0. The zero-order valence-corrected chi connectivity index (χ0v) is 21.8. The largest absolute Gasteiger partial charge is 0.433 e. The van der Waals surface area contributed by atoms with Gasteiger partial charge in [0.25, 0.3) is 5.91 Å². The number of aryl methyl sites for hydroxylation is 2. The van der Waals surface area contributed by atoms with Crippen LogP contribution in [0.3, 0.4) is 0 Å². The van der Waals surface area contributed by atoms with E-state index in [2.05, 4.69) is 15.4 Å². The SMILES string of the molecule is CCc1cccc(CNC[C@H](O)[C@@H](Cc2cc(F)cc(F)c2)c2c(C(N)=O)nn3c(C(F)(F)F)cc(C)nc23)c1. The summed E-state index contributed by atoms with van der Waals surface area (Å²) in [5.74, 6) is -4.05. The Morgan fingerprint density at radius 1 is 1.07 bits per heavy atom. The van der Waals surface area contributed by atoms with Crippen molar-refractivity contribution in [3.05, 3.63) is 99.5 Å². The van der Waals surface area contributed by atoms with E-state index in [-0.39, 0.29) is 35.4 Å². The fourth-order valence-electron chi connectivity index (χ4n) is 4.76. The Morgan fingerprint density at radius 3 is 2.38 bits per heavy atom. The molecule has 0 aliphatic rings. The van der Waals surface area contributed by atoms with Crippen molar-refractivity contribution < 1.29 is 31.9 Å². The molecule has 0 aliphatic heterocycles. The number of hydrogen-bond donors (Lipinski definition) is 3. The van der Waals surface area contributed by atoms with Crippen molar-refractivity contribution in [3.8, 4) is 0 Å². The lowest BCUT2D eigenvalue weighted by Gasteiger charge is -2.24. The molecule has 40 heavy (non-hydrogen) atoms. The number of primary amides is 1. The quantitative estimate of drug-likeness (QED) is 0.248. The number of hydrogen-bond acceptors (Lipinski definition) is 5. The fraction of sp³-hybridized carbons (Fsp3) is 0.321. The summed E-state index contributed by atoms with van der Waals surface area (Å²) in [4.78, 5) is 16.6. The standard InChI is InChI=1S/C28H28F5N5O2/c1-3-16-5-4-6-17(8-16)13-35-14-22(39)21(11-18-9-19(29)12-20(30)10-18)24-25(26(34)40)37-38-23(28(31,32)33)7-15(2)36-27(24)38/h4-10,12,21-22,35,39H,3,11,13-14H2,1-2H3,(H2,34,40)/t21-,22+/m1/s1. The molecule has 0 saturated heterocycles. The van der Waals surface area contributed by atoms with E-state index in [0.717, 1.165) is 35.7 Å². The van der Waals surface area contributed by atoms with E-state index < -0.39 is 47.1 Å². The Labute approximate surface area is 226 Å². The highest BCUT2D eigenvalue weighted by atomic mass is 19.4. The number of aliphatic hydroxyl groups excluding tert-OH is 1. The van der Waals surface area contributed by atoms with Gasteiger partial charge in [0, 0.05) is 36.3 Å². The number of carbonyl (C=O) groups is 1. The molecule has 12 heteroatoms. The van der Waals surface area contributed by atoms with E-state index in [1.54, 1.807) is 0 Å². The smallest absolute Gasteiger partial charge is 0.391 e. The minimum absolute atomic E-state index is 0.0176. The number of carbonyl (C=O) groups excluding carboxylic acids is 1. The molecule has 4 rings (SSSR count). The third-order valence-corrected chi connectivity index (χ3v) is 6.57. The first kappa shape index (κ1) is 29.1. The highest BCUT2D eigenvalue weighted by molar-refractivity contribution is 5.94. The monoisotopic (exact) mass is 561 g/mol. The van der Waals surface area contributed by atoms with Crippen molar-refractivity contribution in [1.29, 1.82) is 0 Å². The average molecular weight is 562 g/mol. The Balaban J connectivity index is 1.79. The molecule has 0 fully saturated rings. The second-order valence-corrected chi connectivity index (χ2v) is 9.60. The summed E-state index contributed by atoms with van der Waals surface area (Å²) in [5, 5.41) is 18.3. The zero-order chi connectivity index (χ0) is 29.2. The van der Waals surface area contributed by atoms with Gasteiger partial charge in [-0.15, -0.1) is 0 Å². The third kappa shape index (κ3) is 6.45. The van der Waals surface area contributed by atoms with Crippen LogP contribution in [0.5, 0.6) is 0 Å². The van der Waals surface area contributed by atoms with Crippen molar-refractivity contribution in [2.45, 2.75) is 51.4 Å². The van der Waals surface area contributed by atoms with Gasteiger partial charge in [0.15, 0.2) is 11.3 Å². The molecular formula is C28H28F5N5O2. The lowest BCUT2D eigenvalue weighted by molar-refractivity contribution is -0.142. The summed E-state index contributed by atoms with van der Waals surface area (Å²) >= 11 is 0. The minimum atomic E-state index is -4.85. The van der Waals surface area contributed by atoms with E-state index in [1.807, 2.05) is 31.2 Å². The molecule has 4 aromatic rings. The summed E-state index contributed by atoms with van der Waals surface area (Å²) in [6.45, 7) is 3.64. The number of halogens is 5. The van der Waals surface area contributed by atoms with Gasteiger partial charge in [0.2, 0.25) is 0 Å². The molecule has 2 aromatic carbocycles. The van der Waals surface area contributed by atoms with E-state index in [0.29, 0.717) is 17.1 Å². The predicted molar refractivity (Wildman–Crippen MR) is 138 cm³/mol. The van der Waals surface area contributed by atoms with Crippen LogP contribution in [-0.2, 0) is 25.6 Å². The van der Waals surface area contributed by atoms with Crippen LogP contribution in [0, 0.1) is 18.6 Å². The molecule has 0 radical (unpaired) electrons. The Bertz CT molecular complexity index is 1520. The highest BCUT2D eigenvalue weighted by Crippen LogP contribution is 2.35. The van der Waals surface area contributed by atoms with Crippen LogP contribution in [0.4, 0.5) is 22.0 Å². The number of amides is 1. The number of nitrogens with zero attached hydrogens (tertiary/aromatic N) is 3. The number of fused-ring (bicyclic) bond motifs is 1. The van der Waals surface area contributed by atoms with Crippen molar-refractivity contribution in [3.63, 3.8) is 0 Å². The first-order valence-electron chi connectivity index (χ1n) is 12.6. The van der Waals surface area contributed by atoms with Crippen molar-refractivity contribution in [1.82, 2.24) is 19.9 Å². The molecule has 2 aromatic heterocycles. The van der Waals surface area contributed by atoms with Gasteiger partial charge in [-0.25, -0.2) is 18.3 Å². The molecule has 0 aliphatic carbocycles. The van der Waals surface area contributed by atoms with Crippen LogP contribution in [-0.4, -0.2) is 38.3 Å². The maximum atomic E-state index is 14.0. The van der Waals surface area contributed by atoms with Crippen LogP contribution in [0.2, 0.25) is 0 Å². The average Bonchev–Trinajstić information content (AvgIpc) is 3.25. The normalized spacial score (nSPS) is 13.5. The van der Waals surface area contributed by atoms with E-state index in [4.69, 9.17) is 5.73 Å². The Morgan fingerprint density at radius 2 is 1.75 bits per heavy atom. The van der Waals surface area contributed by atoms with Crippen molar-refractivity contribution in [2.75, 3.05) is 6.54 Å². The lowest BCUT2D eigenvalue weighted by Crippen LogP contribution is -2.33. The highest BCUT2D eigenvalue weighted by Gasteiger charge is 2.38. The second kappa shape index (κ2) is 11.7. The number of aliphatic hydroxyl groups is 1. The number of alkyl halides is 3. The molecule has 0 saturated carbocycles. The lowest BCUT2D eigenvalue weighted by atomic mass is 9.86. The van der Waals surface area contributed by atoms with Crippen LogP contribution >= 0.6 is 0 Å². The number of nitrogens with two attached hydrogens (primary N) is 1. The van der Waals surface area contributed by atoms with Gasteiger partial charge in [0.05, 0.1) is 6.10 Å². The van der Waals surface area contributed by atoms with Crippen LogP contribution in [0.15, 0.2) is 48.5 Å². The number of benzene rings is 2. The molecule has 1 amide bonds. The molecule has 212 valence electrons. The summed E-state index contributed by atoms with van der Waals surface area (Å²) < 4.78 is 70.1. The molecule has 7 nitrogen and oxygen atoms in total. The van der Waals surface area contributed by atoms with Crippen molar-refractivity contribution in [2.24, 2.45) is 5.73 Å². The minimum Gasteiger partial charge on any atom is -0.391 e. The van der Waals surface area contributed by atoms with Gasteiger partial charge in [-0.3, -0.25) is 4.79 Å². The Hall–Kier alpha value is -3.90. The molecule has 0 unspecified atom stereocenters. The molecule has 2 heterocycles. The van der Waals surface area contributed by atoms with Gasteiger partial charge in [0.1, 0.15) is 17.3 Å². The molecule has 2 atom stereocenters. The van der Waals surface area contributed by atoms with Crippen LogP contribution < -0.4 is 11.1 Å². The van der Waals surface area contributed by atoms with Crippen molar-refractivity contribution >= 4 is 11.6 Å². The third-order valence-electron chi connectivity index (χ3n) is 6.57. The number of rotatable bonds is 10. The summed E-state index contributed by atoms with van der Waals surface area (Å²) in [6.07, 6.45) is -5.61. The molecule has 0 bridgehead atoms. The maximum Gasteiger partial charge on any atom is 0.433 e. The van der Waals surface area contributed by atoms with Gasteiger partial charge >= 0.3 is 6.18 Å². The second-order valence-electron chi connectivity index (χ2n) is 9.60. The van der Waals surface area contributed by atoms with Crippen LogP contribution in [0.1, 0.15) is 57.0 Å². The first-order chi connectivity index (χ1) is 18.9. The maximum absolute atomic E-state index is 14.0. The fourth-order valence-corrected chi connectivity index (χ4v) is 4.76. The Kier molecular flexibility index (Phi) is 8.50. The number of aromatic nitrogens is 3. The van der Waals surface area contributed by atoms with Gasteiger partial charge in [-0.1, -0.05) is 31.2 Å². The topological polar surface area (TPSA) is 106 Å². The van der Waals surface area contributed by atoms with Gasteiger partial charge in [-0.2, -0.15) is 18.3 Å². The van der Waals surface area contributed by atoms with E-state index in [9.17, 15) is 31.9 Å². The number of nitrogens with one attached hydrogen (secondary N) is 1.